The molecule has 1 N–H and O–H groups in total. The highest BCUT2D eigenvalue weighted by Gasteiger charge is 2.20. The first kappa shape index (κ1) is 28.0. The van der Waals surface area contributed by atoms with Crippen LogP contribution in [0.25, 0.3) is 0 Å². The van der Waals surface area contributed by atoms with Crippen molar-refractivity contribution >= 4 is 23.5 Å². The maximum absolute atomic E-state index is 13.1. The van der Waals surface area contributed by atoms with Crippen molar-refractivity contribution in [1.82, 2.24) is 4.90 Å². The van der Waals surface area contributed by atoms with E-state index in [1.807, 2.05) is 18.2 Å². The van der Waals surface area contributed by atoms with E-state index in [1.54, 1.807) is 6.92 Å². The molecule has 3 rings (SSSR count). The van der Waals surface area contributed by atoms with Gasteiger partial charge in [-0.15, -0.1) is 0 Å². The van der Waals surface area contributed by atoms with E-state index >= 15 is 0 Å². The van der Waals surface area contributed by atoms with Crippen LogP contribution in [0.2, 0.25) is 0 Å². The third kappa shape index (κ3) is 9.82. The van der Waals surface area contributed by atoms with Crippen LogP contribution in [-0.4, -0.2) is 49.0 Å². The van der Waals surface area contributed by atoms with Crippen molar-refractivity contribution in [1.29, 1.82) is 0 Å². The fourth-order valence-corrected chi connectivity index (χ4v) is 5.04. The maximum Gasteiger partial charge on any atom is 0.305 e. The van der Waals surface area contributed by atoms with E-state index in [1.165, 1.54) is 32.1 Å². The van der Waals surface area contributed by atoms with Gasteiger partial charge in [0.2, 0.25) is 11.8 Å². The van der Waals surface area contributed by atoms with Gasteiger partial charge in [0.05, 0.1) is 13.2 Å². The van der Waals surface area contributed by atoms with E-state index in [2.05, 4.69) is 10.2 Å². The highest BCUT2D eigenvalue weighted by molar-refractivity contribution is 5.94. The quantitative estimate of drug-likeness (QED) is 0.248. The monoisotopic (exact) mass is 500 g/mol. The molecule has 36 heavy (non-hydrogen) atoms. The molecule has 0 radical (unpaired) electrons. The number of hydrogen-bond acceptors (Lipinski definition) is 5. The number of ether oxygens (including phenoxy) is 2. The minimum atomic E-state index is -0.145. The topological polar surface area (TPSA) is 84.9 Å². The van der Waals surface area contributed by atoms with Crippen molar-refractivity contribution in [2.24, 2.45) is 5.92 Å². The second-order valence-electron chi connectivity index (χ2n) is 10.2. The van der Waals surface area contributed by atoms with E-state index in [4.69, 9.17) is 9.47 Å². The number of nitrogens with zero attached hydrogens (tertiary/aromatic N) is 1. The number of aryl methyl sites for hydroxylation is 1. The van der Waals surface area contributed by atoms with Crippen LogP contribution in [0, 0.1) is 5.92 Å². The molecular weight excluding hydrogens is 456 g/mol. The summed E-state index contributed by atoms with van der Waals surface area (Å²) in [6.07, 6.45) is 13.0. The Kier molecular flexibility index (Phi) is 12.1. The van der Waals surface area contributed by atoms with E-state index in [0.29, 0.717) is 38.4 Å². The number of fused-ring (bicyclic) bond motifs is 1. The van der Waals surface area contributed by atoms with E-state index in [-0.39, 0.29) is 17.8 Å². The molecule has 2 amide bonds. The first-order valence-corrected chi connectivity index (χ1v) is 14.0. The lowest BCUT2D eigenvalue weighted by Gasteiger charge is -2.30. The second-order valence-corrected chi connectivity index (χ2v) is 10.2. The van der Waals surface area contributed by atoms with Gasteiger partial charge in [-0.1, -0.05) is 26.2 Å². The Hall–Kier alpha value is -2.57. The van der Waals surface area contributed by atoms with Crippen molar-refractivity contribution in [3.63, 3.8) is 0 Å². The summed E-state index contributed by atoms with van der Waals surface area (Å²) in [5.74, 6) is 1.62. The minimum Gasteiger partial charge on any atom is -0.494 e. The average Bonchev–Trinajstić information content (AvgIpc) is 2.90. The molecule has 0 aromatic heterocycles. The molecule has 7 heteroatoms. The molecule has 1 fully saturated rings. The molecule has 2 aliphatic rings. The second kappa shape index (κ2) is 15.5. The first-order chi connectivity index (χ1) is 17.5. The lowest BCUT2D eigenvalue weighted by Crippen LogP contribution is -2.36. The van der Waals surface area contributed by atoms with Crippen LogP contribution in [-0.2, 0) is 25.5 Å². The summed E-state index contributed by atoms with van der Waals surface area (Å²) < 4.78 is 11.1. The van der Waals surface area contributed by atoms with Gasteiger partial charge in [-0.25, -0.2) is 0 Å². The van der Waals surface area contributed by atoms with Gasteiger partial charge in [-0.3, -0.25) is 14.4 Å². The summed E-state index contributed by atoms with van der Waals surface area (Å²) in [6.45, 7) is 4.53. The summed E-state index contributed by atoms with van der Waals surface area (Å²) in [7, 11) is 0. The summed E-state index contributed by atoms with van der Waals surface area (Å²) in [4.78, 5) is 37.9. The molecule has 0 spiro atoms. The molecular formula is C29H44N2O5. The smallest absolute Gasteiger partial charge is 0.305 e. The first-order valence-electron chi connectivity index (χ1n) is 14.0. The number of hydrogen-bond donors (Lipinski definition) is 1. The maximum atomic E-state index is 13.1. The SMILES string of the molecule is CCC(=O)OCCCCCN(CC1CCCCC1)C(=O)CCCCOc1ccc2c(c1)CCC(=O)N2. The van der Waals surface area contributed by atoms with Gasteiger partial charge in [0.25, 0.3) is 0 Å². The molecule has 1 heterocycles. The number of carbonyl (C=O) groups excluding carboxylic acids is 3. The van der Waals surface area contributed by atoms with Gasteiger partial charge in [0.1, 0.15) is 5.75 Å². The van der Waals surface area contributed by atoms with Crippen molar-refractivity contribution in [2.75, 3.05) is 31.6 Å². The van der Waals surface area contributed by atoms with E-state index < -0.39 is 0 Å². The number of nitrogens with one attached hydrogen (secondary N) is 1. The molecule has 1 saturated carbocycles. The fourth-order valence-electron chi connectivity index (χ4n) is 5.04. The van der Waals surface area contributed by atoms with Crippen molar-refractivity contribution in [3.8, 4) is 5.75 Å². The number of unbranched alkanes of at least 4 members (excludes halogenated alkanes) is 3. The van der Waals surface area contributed by atoms with Gasteiger partial charge >= 0.3 is 5.97 Å². The molecule has 1 aromatic carbocycles. The summed E-state index contributed by atoms with van der Waals surface area (Å²) in [5, 5.41) is 2.89. The van der Waals surface area contributed by atoms with Gasteiger partial charge in [-0.05, 0) is 81.0 Å². The lowest BCUT2D eigenvalue weighted by molar-refractivity contribution is -0.143. The van der Waals surface area contributed by atoms with Gasteiger partial charge < -0.3 is 19.7 Å². The molecule has 7 nitrogen and oxygen atoms in total. The zero-order chi connectivity index (χ0) is 25.6. The zero-order valence-corrected chi connectivity index (χ0v) is 22.0. The molecule has 0 bridgehead atoms. The van der Waals surface area contributed by atoms with Crippen molar-refractivity contribution in [3.05, 3.63) is 23.8 Å². The molecule has 1 aromatic rings. The predicted molar refractivity (Wildman–Crippen MR) is 141 cm³/mol. The number of esters is 1. The average molecular weight is 501 g/mol. The van der Waals surface area contributed by atoms with Crippen molar-refractivity contribution in [2.45, 2.75) is 96.8 Å². The van der Waals surface area contributed by atoms with Gasteiger partial charge in [0, 0.05) is 38.0 Å². The highest BCUT2D eigenvalue weighted by atomic mass is 16.5. The molecule has 0 unspecified atom stereocenters. The number of benzene rings is 1. The Morgan fingerprint density at radius 2 is 1.81 bits per heavy atom. The zero-order valence-electron chi connectivity index (χ0n) is 22.0. The third-order valence-electron chi connectivity index (χ3n) is 7.21. The lowest BCUT2D eigenvalue weighted by atomic mass is 9.89. The normalized spacial score (nSPS) is 15.6. The Morgan fingerprint density at radius 1 is 1.00 bits per heavy atom. The van der Waals surface area contributed by atoms with Gasteiger partial charge in [0.15, 0.2) is 0 Å². The standard InChI is InChI=1S/C29H44N2O5/c1-2-29(34)36-20-9-4-8-18-31(22-23-11-5-3-6-12-23)28(33)13-7-10-19-35-25-15-16-26-24(21-25)14-17-27(32)30-26/h15-16,21,23H,2-14,17-20,22H2,1H3,(H,30,32). The summed E-state index contributed by atoms with van der Waals surface area (Å²) in [5.41, 5.74) is 1.99. The Morgan fingerprint density at radius 3 is 2.61 bits per heavy atom. The fraction of sp³-hybridized carbons (Fsp3) is 0.690. The van der Waals surface area contributed by atoms with Crippen LogP contribution in [0.3, 0.4) is 0 Å². The number of carbonyl (C=O) groups is 3. The number of rotatable bonds is 15. The van der Waals surface area contributed by atoms with Crippen LogP contribution in [0.5, 0.6) is 5.75 Å². The van der Waals surface area contributed by atoms with Crippen LogP contribution >= 0.6 is 0 Å². The Bertz CT molecular complexity index is 850. The largest absolute Gasteiger partial charge is 0.494 e. The van der Waals surface area contributed by atoms with E-state index in [9.17, 15) is 14.4 Å². The number of anilines is 1. The van der Waals surface area contributed by atoms with E-state index in [0.717, 1.165) is 68.6 Å². The van der Waals surface area contributed by atoms with Crippen molar-refractivity contribution < 1.29 is 23.9 Å². The molecule has 200 valence electrons. The van der Waals surface area contributed by atoms with Crippen LogP contribution in [0.15, 0.2) is 18.2 Å². The molecule has 0 atom stereocenters. The summed E-state index contributed by atoms with van der Waals surface area (Å²) >= 11 is 0. The van der Waals surface area contributed by atoms with Crippen LogP contribution in [0.4, 0.5) is 5.69 Å². The Labute approximate surface area is 216 Å². The molecule has 1 aliphatic carbocycles. The minimum absolute atomic E-state index is 0.0656. The molecule has 1 aliphatic heterocycles. The van der Waals surface area contributed by atoms with Crippen LogP contribution in [0.1, 0.15) is 96.0 Å². The third-order valence-corrected chi connectivity index (χ3v) is 7.21. The number of amides is 2. The van der Waals surface area contributed by atoms with Gasteiger partial charge in [-0.2, -0.15) is 0 Å². The van der Waals surface area contributed by atoms with Crippen LogP contribution < -0.4 is 10.1 Å². The predicted octanol–water partition coefficient (Wildman–Crippen LogP) is 5.65. The summed E-state index contributed by atoms with van der Waals surface area (Å²) in [6, 6.07) is 5.81. The Balaban J connectivity index is 1.36. The highest BCUT2D eigenvalue weighted by Crippen LogP contribution is 2.27. The molecule has 0 saturated heterocycles.